The van der Waals surface area contributed by atoms with Gasteiger partial charge in [-0.1, -0.05) is 60.7 Å². The molecule has 1 amide bonds. The van der Waals surface area contributed by atoms with Crippen molar-refractivity contribution in [3.8, 4) is 0 Å². The maximum absolute atomic E-state index is 15.5. The van der Waals surface area contributed by atoms with Gasteiger partial charge in [-0.2, -0.15) is 0 Å². The molecule has 7 heteroatoms. The molecule has 3 nitrogen and oxygen atoms in total. The first-order valence-corrected chi connectivity index (χ1v) is 12.0. The zero-order valence-electron chi connectivity index (χ0n) is 17.2. The number of likely N-dealkylation sites (tertiary alicyclic amines) is 1. The number of benzene rings is 2. The van der Waals surface area contributed by atoms with Gasteiger partial charge >= 0.3 is 0 Å². The second kappa shape index (κ2) is 7.62. The molecule has 0 bridgehead atoms. The molecule has 0 aromatic heterocycles. The molecule has 1 N–H and O–H groups in total. The van der Waals surface area contributed by atoms with Gasteiger partial charge in [0.2, 0.25) is 5.91 Å². The van der Waals surface area contributed by atoms with E-state index in [0.717, 1.165) is 37.7 Å². The molecule has 1 aliphatic carbocycles. The summed E-state index contributed by atoms with van der Waals surface area (Å²) in [6.45, 7) is 0. The van der Waals surface area contributed by atoms with Crippen molar-refractivity contribution in [2.24, 2.45) is 0 Å². The first kappa shape index (κ1) is 21.5. The molecule has 1 saturated carbocycles. The molecule has 5 rings (SSSR count). The van der Waals surface area contributed by atoms with Crippen LogP contribution in [0.4, 0.5) is 10.1 Å². The monoisotopic (exact) mass is 480 g/mol. The lowest BCUT2D eigenvalue weighted by atomic mass is 9.55. The van der Waals surface area contributed by atoms with Crippen LogP contribution in [0.1, 0.15) is 49.1 Å². The van der Waals surface area contributed by atoms with Gasteiger partial charge in [0.05, 0.1) is 5.02 Å². The van der Waals surface area contributed by atoms with Crippen molar-refractivity contribution in [1.82, 2.24) is 4.90 Å². The minimum atomic E-state index is -0.979. The second-order valence-corrected chi connectivity index (χ2v) is 10.1. The second-order valence-electron chi connectivity index (χ2n) is 9.00. The standard InChI is InChI=1S/C24H24Cl3FN2O/c1-30-19(13-25)20(15-6-5-7-17(27)21(15)28)24(23(30)10-3-2-4-11-23)16-9-8-14(26)12-18(16)29-22(24)31/h5-9,12,19-20H,2-4,10-11,13H2,1H3,(H,29,31)/t19-,20-,24+/m0/s1. The van der Waals surface area contributed by atoms with E-state index in [4.69, 9.17) is 34.8 Å². The molecule has 2 fully saturated rings. The highest BCUT2D eigenvalue weighted by Gasteiger charge is 2.73. The third-order valence-corrected chi connectivity index (χ3v) is 8.77. The number of fused-ring (bicyclic) bond motifs is 3. The van der Waals surface area contributed by atoms with Crippen LogP contribution in [0, 0.1) is 5.82 Å². The molecule has 31 heavy (non-hydrogen) atoms. The van der Waals surface area contributed by atoms with Gasteiger partial charge in [-0.3, -0.25) is 9.69 Å². The summed E-state index contributed by atoms with van der Waals surface area (Å²) in [4.78, 5) is 16.3. The summed E-state index contributed by atoms with van der Waals surface area (Å²) in [6, 6.07) is 10.4. The van der Waals surface area contributed by atoms with Crippen LogP contribution in [0.15, 0.2) is 36.4 Å². The fourth-order valence-corrected chi connectivity index (χ4v) is 7.49. The van der Waals surface area contributed by atoms with Crippen LogP contribution in [-0.4, -0.2) is 35.3 Å². The minimum Gasteiger partial charge on any atom is -0.325 e. The normalized spacial score (nSPS) is 29.5. The summed E-state index contributed by atoms with van der Waals surface area (Å²) < 4.78 is 15.5. The van der Waals surface area contributed by atoms with Crippen LogP contribution in [0.2, 0.25) is 10.0 Å². The lowest BCUT2D eigenvalue weighted by Crippen LogP contribution is -2.60. The van der Waals surface area contributed by atoms with Crippen LogP contribution in [0.5, 0.6) is 0 Å². The zero-order valence-corrected chi connectivity index (χ0v) is 19.5. The van der Waals surface area contributed by atoms with Crippen LogP contribution in [0.3, 0.4) is 0 Å². The average Bonchev–Trinajstić information content (AvgIpc) is 3.16. The van der Waals surface area contributed by atoms with E-state index in [-0.39, 0.29) is 22.9 Å². The topological polar surface area (TPSA) is 32.3 Å². The van der Waals surface area contributed by atoms with E-state index in [1.54, 1.807) is 24.3 Å². The van der Waals surface area contributed by atoms with Crippen molar-refractivity contribution in [2.75, 3.05) is 18.2 Å². The highest BCUT2D eigenvalue weighted by atomic mass is 35.5. The van der Waals surface area contributed by atoms with Gasteiger partial charge in [-0.25, -0.2) is 4.39 Å². The quantitative estimate of drug-likeness (QED) is 0.506. The number of hydrogen-bond donors (Lipinski definition) is 1. The van der Waals surface area contributed by atoms with Crippen molar-refractivity contribution < 1.29 is 9.18 Å². The van der Waals surface area contributed by atoms with Crippen LogP contribution >= 0.6 is 34.8 Å². The number of halogens is 4. The molecule has 3 atom stereocenters. The number of hydrogen-bond acceptors (Lipinski definition) is 2. The molecular weight excluding hydrogens is 458 g/mol. The number of likely N-dealkylation sites (N-methyl/N-ethyl adjacent to an activating group) is 1. The number of nitrogens with zero attached hydrogens (tertiary/aromatic N) is 1. The average molecular weight is 482 g/mol. The Kier molecular flexibility index (Phi) is 5.29. The highest BCUT2D eigenvalue weighted by molar-refractivity contribution is 6.31. The summed E-state index contributed by atoms with van der Waals surface area (Å²) in [5.74, 6) is -0.767. The fraction of sp³-hybridized carbons (Fsp3) is 0.458. The molecule has 164 valence electrons. The Morgan fingerprint density at radius 1 is 1.16 bits per heavy atom. The molecule has 1 saturated heterocycles. The maximum Gasteiger partial charge on any atom is 0.237 e. The Hall–Kier alpha value is -1.33. The third kappa shape index (κ3) is 2.71. The first-order chi connectivity index (χ1) is 14.9. The third-order valence-electron chi connectivity index (χ3n) is 7.93. The summed E-state index contributed by atoms with van der Waals surface area (Å²) in [5, 5.41) is 3.71. The smallest absolute Gasteiger partial charge is 0.237 e. The van der Waals surface area contributed by atoms with E-state index in [1.165, 1.54) is 0 Å². The van der Waals surface area contributed by atoms with Crippen molar-refractivity contribution in [1.29, 1.82) is 0 Å². The van der Waals surface area contributed by atoms with Crippen molar-refractivity contribution in [2.45, 2.75) is 55.0 Å². The van der Waals surface area contributed by atoms with E-state index in [0.29, 0.717) is 16.3 Å². The maximum atomic E-state index is 15.5. The summed E-state index contributed by atoms with van der Waals surface area (Å²) >= 11 is 19.0. The summed E-state index contributed by atoms with van der Waals surface area (Å²) in [6.07, 6.45) is 4.86. The largest absolute Gasteiger partial charge is 0.325 e. The number of carbonyl (C=O) groups excluding carboxylic acids is 1. The van der Waals surface area contributed by atoms with Gasteiger partial charge < -0.3 is 5.32 Å². The number of anilines is 1. The number of alkyl halides is 1. The Morgan fingerprint density at radius 2 is 1.90 bits per heavy atom. The van der Waals surface area contributed by atoms with Crippen LogP contribution in [0.25, 0.3) is 0 Å². The van der Waals surface area contributed by atoms with Gasteiger partial charge in [-0.15, -0.1) is 11.6 Å². The van der Waals surface area contributed by atoms with E-state index in [2.05, 4.69) is 10.2 Å². The lowest BCUT2D eigenvalue weighted by Gasteiger charge is -2.50. The molecule has 0 unspecified atom stereocenters. The molecule has 2 aliphatic heterocycles. The molecule has 2 spiro atoms. The summed E-state index contributed by atoms with van der Waals surface area (Å²) in [5.41, 5.74) is 0.595. The van der Waals surface area contributed by atoms with Crippen molar-refractivity contribution in [3.05, 3.63) is 63.4 Å². The fourth-order valence-electron chi connectivity index (χ4n) is 6.75. The van der Waals surface area contributed by atoms with Crippen molar-refractivity contribution >= 4 is 46.4 Å². The summed E-state index contributed by atoms with van der Waals surface area (Å²) in [7, 11) is 2.05. The van der Waals surface area contributed by atoms with Crippen LogP contribution in [-0.2, 0) is 10.2 Å². The first-order valence-electron chi connectivity index (χ1n) is 10.7. The van der Waals surface area contributed by atoms with Crippen molar-refractivity contribution in [3.63, 3.8) is 0 Å². The predicted molar refractivity (Wildman–Crippen MR) is 124 cm³/mol. The van der Waals surface area contributed by atoms with Gasteiger partial charge in [-0.05, 0) is 49.2 Å². The number of amides is 1. The Labute approximate surface area is 196 Å². The van der Waals surface area contributed by atoms with Gasteiger partial charge in [0.15, 0.2) is 0 Å². The molecule has 2 aromatic rings. The molecule has 2 heterocycles. The van der Waals surface area contributed by atoms with Gasteiger partial charge in [0.1, 0.15) is 11.2 Å². The molecule has 2 aromatic carbocycles. The minimum absolute atomic E-state index is 0.0583. The lowest BCUT2D eigenvalue weighted by molar-refractivity contribution is -0.125. The number of rotatable bonds is 2. The van der Waals surface area contributed by atoms with E-state index in [1.807, 2.05) is 19.2 Å². The molecule has 0 radical (unpaired) electrons. The number of nitrogens with one attached hydrogen (secondary N) is 1. The van der Waals surface area contributed by atoms with E-state index in [9.17, 15) is 4.79 Å². The predicted octanol–water partition coefficient (Wildman–Crippen LogP) is 6.36. The Morgan fingerprint density at radius 3 is 2.61 bits per heavy atom. The van der Waals surface area contributed by atoms with Gasteiger partial charge in [0, 0.05) is 34.1 Å². The molecule has 3 aliphatic rings. The van der Waals surface area contributed by atoms with E-state index < -0.39 is 22.7 Å². The van der Waals surface area contributed by atoms with Crippen LogP contribution < -0.4 is 5.32 Å². The van der Waals surface area contributed by atoms with Gasteiger partial charge in [0.25, 0.3) is 0 Å². The number of carbonyl (C=O) groups is 1. The zero-order chi connectivity index (χ0) is 22.0. The molecular formula is C24H24Cl3FN2O. The highest BCUT2D eigenvalue weighted by Crippen LogP contribution is 2.66. The van der Waals surface area contributed by atoms with E-state index >= 15 is 4.39 Å². The Bertz CT molecular complexity index is 1060. The SMILES string of the molecule is CN1[C@@H](CCl)[C@H](c2cccc(Cl)c2F)[C@]2(C(=O)Nc3cc(Cl)ccc32)C12CCCCC2. The Balaban J connectivity index is 1.87.